The van der Waals surface area contributed by atoms with Gasteiger partial charge in [0, 0.05) is 32.4 Å². The van der Waals surface area contributed by atoms with Crippen LogP contribution in [0.1, 0.15) is 31.2 Å². The predicted octanol–water partition coefficient (Wildman–Crippen LogP) is 2.87. The lowest BCUT2D eigenvalue weighted by molar-refractivity contribution is 0.201. The summed E-state index contributed by atoms with van der Waals surface area (Å²) in [5.74, 6) is 1.47. The number of ether oxygens (including phenoxy) is 1. The number of nitrogens with one attached hydrogen (secondary N) is 2. The SMILES string of the molecule is C=CCNC(=NC)NCc1ccnc(OC2CCCC2)c1.I. The quantitative estimate of drug-likeness (QED) is 0.324. The standard InChI is InChI=1S/C16H24N4O.HI/c1-3-9-19-16(17-2)20-12-13-8-10-18-15(11-13)21-14-6-4-5-7-14;/h3,8,10-11,14H,1,4-7,9,12H2,2H3,(H2,17,19,20);1H. The molecule has 1 aliphatic carbocycles. The van der Waals surface area contributed by atoms with Gasteiger partial charge in [-0.05, 0) is 37.3 Å². The van der Waals surface area contributed by atoms with E-state index < -0.39 is 0 Å². The monoisotopic (exact) mass is 416 g/mol. The van der Waals surface area contributed by atoms with E-state index in [0.717, 1.165) is 30.2 Å². The maximum absolute atomic E-state index is 5.92. The average molecular weight is 416 g/mol. The van der Waals surface area contributed by atoms with Crippen LogP contribution in [0.2, 0.25) is 0 Å². The van der Waals surface area contributed by atoms with Gasteiger partial charge in [0.15, 0.2) is 5.96 Å². The van der Waals surface area contributed by atoms with Crippen molar-refractivity contribution in [3.63, 3.8) is 0 Å². The minimum Gasteiger partial charge on any atom is -0.474 e. The summed E-state index contributed by atoms with van der Waals surface area (Å²) in [5, 5.41) is 6.39. The smallest absolute Gasteiger partial charge is 0.213 e. The van der Waals surface area contributed by atoms with Crippen LogP contribution in [0.4, 0.5) is 0 Å². The Kier molecular flexibility index (Phi) is 8.88. The van der Waals surface area contributed by atoms with E-state index in [1.54, 1.807) is 19.3 Å². The molecule has 1 aromatic heterocycles. The second-order valence-electron chi connectivity index (χ2n) is 5.12. The highest BCUT2D eigenvalue weighted by atomic mass is 127. The molecule has 122 valence electrons. The van der Waals surface area contributed by atoms with Gasteiger partial charge < -0.3 is 15.4 Å². The molecule has 1 heterocycles. The van der Waals surface area contributed by atoms with Gasteiger partial charge in [0.05, 0.1) is 0 Å². The predicted molar refractivity (Wildman–Crippen MR) is 101 cm³/mol. The molecule has 0 spiro atoms. The zero-order chi connectivity index (χ0) is 14.9. The first-order valence-corrected chi connectivity index (χ1v) is 7.49. The Labute approximate surface area is 149 Å². The second kappa shape index (κ2) is 10.4. The van der Waals surface area contributed by atoms with Gasteiger partial charge in [-0.2, -0.15) is 0 Å². The number of halogens is 1. The van der Waals surface area contributed by atoms with Crippen molar-refractivity contribution in [1.82, 2.24) is 15.6 Å². The van der Waals surface area contributed by atoms with Crippen LogP contribution in [-0.4, -0.2) is 30.6 Å². The summed E-state index contributed by atoms with van der Waals surface area (Å²) < 4.78 is 5.92. The number of aromatic nitrogens is 1. The normalized spacial score (nSPS) is 15.0. The van der Waals surface area contributed by atoms with Gasteiger partial charge in [0.1, 0.15) is 6.10 Å². The van der Waals surface area contributed by atoms with Gasteiger partial charge in [-0.25, -0.2) is 4.98 Å². The first-order valence-electron chi connectivity index (χ1n) is 7.49. The summed E-state index contributed by atoms with van der Waals surface area (Å²) in [5.41, 5.74) is 1.12. The third kappa shape index (κ3) is 6.21. The highest BCUT2D eigenvalue weighted by molar-refractivity contribution is 14.0. The number of pyridine rings is 1. The molecule has 0 aromatic carbocycles. The van der Waals surface area contributed by atoms with Crippen LogP contribution >= 0.6 is 24.0 Å². The summed E-state index contributed by atoms with van der Waals surface area (Å²) in [4.78, 5) is 8.44. The molecule has 1 saturated carbocycles. The molecule has 0 saturated heterocycles. The van der Waals surface area contributed by atoms with E-state index in [4.69, 9.17) is 4.74 Å². The molecular formula is C16H25IN4O. The van der Waals surface area contributed by atoms with Gasteiger partial charge in [-0.3, -0.25) is 4.99 Å². The van der Waals surface area contributed by atoms with Crippen LogP contribution in [0.25, 0.3) is 0 Å². The lowest BCUT2D eigenvalue weighted by atomic mass is 10.2. The van der Waals surface area contributed by atoms with E-state index in [1.807, 2.05) is 12.1 Å². The van der Waals surface area contributed by atoms with Gasteiger partial charge in [0.25, 0.3) is 0 Å². The summed E-state index contributed by atoms with van der Waals surface area (Å²) in [6.07, 6.45) is 8.73. The van der Waals surface area contributed by atoms with Crippen LogP contribution in [0.3, 0.4) is 0 Å². The molecule has 6 heteroatoms. The number of nitrogens with zero attached hydrogens (tertiary/aromatic N) is 2. The largest absolute Gasteiger partial charge is 0.474 e. The van der Waals surface area contributed by atoms with E-state index in [1.165, 1.54) is 12.8 Å². The fourth-order valence-electron chi connectivity index (χ4n) is 2.38. The maximum Gasteiger partial charge on any atom is 0.213 e. The average Bonchev–Trinajstić information content (AvgIpc) is 3.01. The molecule has 0 aliphatic heterocycles. The summed E-state index contributed by atoms with van der Waals surface area (Å²) >= 11 is 0. The maximum atomic E-state index is 5.92. The molecule has 1 aliphatic rings. The van der Waals surface area contributed by atoms with Crippen molar-refractivity contribution in [2.24, 2.45) is 4.99 Å². The number of hydrogen-bond acceptors (Lipinski definition) is 3. The van der Waals surface area contributed by atoms with Gasteiger partial charge in [0.2, 0.25) is 5.88 Å². The molecule has 1 fully saturated rings. The molecular weight excluding hydrogens is 391 g/mol. The highest BCUT2D eigenvalue weighted by Crippen LogP contribution is 2.23. The number of hydrogen-bond donors (Lipinski definition) is 2. The third-order valence-corrected chi connectivity index (χ3v) is 3.49. The van der Waals surface area contributed by atoms with Gasteiger partial charge in [-0.15, -0.1) is 30.6 Å². The van der Waals surface area contributed by atoms with Gasteiger partial charge in [-0.1, -0.05) is 6.08 Å². The highest BCUT2D eigenvalue weighted by Gasteiger charge is 2.16. The molecule has 2 N–H and O–H groups in total. The molecule has 0 bridgehead atoms. The molecule has 0 unspecified atom stereocenters. The van der Waals surface area contributed by atoms with Crippen molar-refractivity contribution in [2.75, 3.05) is 13.6 Å². The minimum atomic E-state index is 0. The molecule has 1 aromatic rings. The lowest BCUT2D eigenvalue weighted by Crippen LogP contribution is -2.36. The van der Waals surface area contributed by atoms with E-state index in [0.29, 0.717) is 19.2 Å². The summed E-state index contributed by atoms with van der Waals surface area (Å²) in [6, 6.07) is 3.97. The number of aliphatic imine (C=N–C) groups is 1. The minimum absolute atomic E-state index is 0. The van der Waals surface area contributed by atoms with Crippen LogP contribution < -0.4 is 15.4 Å². The van der Waals surface area contributed by atoms with E-state index >= 15 is 0 Å². The lowest BCUT2D eigenvalue weighted by Gasteiger charge is -2.14. The Morgan fingerprint density at radius 3 is 2.91 bits per heavy atom. The fourth-order valence-corrected chi connectivity index (χ4v) is 2.38. The second-order valence-corrected chi connectivity index (χ2v) is 5.12. The number of rotatable bonds is 6. The molecule has 0 amide bonds. The first-order chi connectivity index (χ1) is 10.3. The van der Waals surface area contributed by atoms with Crippen molar-refractivity contribution >= 4 is 29.9 Å². The molecule has 0 atom stereocenters. The van der Waals surface area contributed by atoms with Crippen molar-refractivity contribution in [2.45, 2.75) is 38.3 Å². The Hall–Kier alpha value is -1.31. The third-order valence-electron chi connectivity index (χ3n) is 3.49. The molecule has 22 heavy (non-hydrogen) atoms. The van der Waals surface area contributed by atoms with E-state index in [2.05, 4.69) is 27.2 Å². The Morgan fingerprint density at radius 1 is 1.45 bits per heavy atom. The fraction of sp³-hybridized carbons (Fsp3) is 0.500. The van der Waals surface area contributed by atoms with Crippen LogP contribution in [0.15, 0.2) is 36.0 Å². The Bertz CT molecular complexity index is 487. The Balaban J connectivity index is 0.00000242. The van der Waals surface area contributed by atoms with E-state index in [9.17, 15) is 0 Å². The molecule has 5 nitrogen and oxygen atoms in total. The summed E-state index contributed by atoms with van der Waals surface area (Å²) in [7, 11) is 1.75. The van der Waals surface area contributed by atoms with Crippen molar-refractivity contribution in [3.05, 3.63) is 36.5 Å². The summed E-state index contributed by atoms with van der Waals surface area (Å²) in [6.45, 7) is 5.04. The Morgan fingerprint density at radius 2 is 2.23 bits per heavy atom. The zero-order valence-corrected chi connectivity index (χ0v) is 15.4. The van der Waals surface area contributed by atoms with E-state index in [-0.39, 0.29) is 24.0 Å². The topological polar surface area (TPSA) is 58.5 Å². The van der Waals surface area contributed by atoms with Gasteiger partial charge >= 0.3 is 0 Å². The first kappa shape index (κ1) is 18.7. The van der Waals surface area contributed by atoms with Crippen LogP contribution in [-0.2, 0) is 6.54 Å². The van der Waals surface area contributed by atoms with Crippen molar-refractivity contribution < 1.29 is 4.74 Å². The van der Waals surface area contributed by atoms with Crippen molar-refractivity contribution in [3.8, 4) is 5.88 Å². The zero-order valence-electron chi connectivity index (χ0n) is 13.0. The van der Waals surface area contributed by atoms with Crippen LogP contribution in [0.5, 0.6) is 5.88 Å². The van der Waals surface area contributed by atoms with Crippen molar-refractivity contribution in [1.29, 1.82) is 0 Å². The molecule has 2 rings (SSSR count). The number of guanidine groups is 1. The molecule has 0 radical (unpaired) electrons. The van der Waals surface area contributed by atoms with Crippen LogP contribution in [0, 0.1) is 0 Å².